The first kappa shape index (κ1) is 16.7. The number of rotatable bonds is 5. The average Bonchev–Trinajstić information content (AvgIpc) is 3.08. The number of carbonyl (C=O) groups is 2. The molecular weight excluding hydrogens is 312 g/mol. The molecule has 0 N–H and O–H groups in total. The van der Waals surface area contributed by atoms with Crippen LogP contribution < -0.4 is 4.90 Å². The molecule has 0 aliphatic heterocycles. The Morgan fingerprint density at radius 2 is 2.04 bits per heavy atom. The molecule has 1 unspecified atom stereocenters. The average molecular weight is 328 g/mol. The van der Waals surface area contributed by atoms with E-state index in [1.165, 1.54) is 29.4 Å². The lowest BCUT2D eigenvalue weighted by molar-refractivity contribution is -0.142. The summed E-state index contributed by atoms with van der Waals surface area (Å²) >= 11 is 1.19. The standard InChI is InChI=1S/C17H16N2O3S/c1-3-14(17(21)22-2)19(13-7-5-4-6-8-13)16(20)15-9-12(10-18)11-23-15/h4-9,11,14H,3H2,1-2H3. The number of amides is 1. The third-order valence-corrected chi connectivity index (χ3v) is 4.28. The molecule has 1 aromatic carbocycles. The molecule has 0 aliphatic carbocycles. The van der Waals surface area contributed by atoms with E-state index in [9.17, 15) is 9.59 Å². The Balaban J connectivity index is 2.46. The monoisotopic (exact) mass is 328 g/mol. The molecule has 0 bridgehead atoms. The lowest BCUT2D eigenvalue weighted by Gasteiger charge is -2.29. The van der Waals surface area contributed by atoms with Crippen molar-refractivity contribution in [2.45, 2.75) is 19.4 Å². The molecule has 118 valence electrons. The largest absolute Gasteiger partial charge is 0.467 e. The van der Waals surface area contributed by atoms with Crippen LogP contribution in [0.5, 0.6) is 0 Å². The normalized spacial score (nSPS) is 11.3. The molecule has 0 aliphatic rings. The molecule has 0 radical (unpaired) electrons. The summed E-state index contributed by atoms with van der Waals surface area (Å²) in [4.78, 5) is 26.8. The first-order valence-corrected chi connectivity index (χ1v) is 7.95. The van der Waals surface area contributed by atoms with Crippen molar-refractivity contribution in [1.29, 1.82) is 5.26 Å². The molecule has 0 spiro atoms. The van der Waals surface area contributed by atoms with Crippen LogP contribution in [0.15, 0.2) is 41.8 Å². The van der Waals surface area contributed by atoms with Crippen molar-refractivity contribution in [2.75, 3.05) is 12.0 Å². The van der Waals surface area contributed by atoms with Gasteiger partial charge in [-0.05, 0) is 24.6 Å². The molecule has 0 saturated carbocycles. The van der Waals surface area contributed by atoms with Gasteiger partial charge in [0, 0.05) is 11.1 Å². The van der Waals surface area contributed by atoms with Crippen LogP contribution in [0.25, 0.3) is 0 Å². The van der Waals surface area contributed by atoms with E-state index in [1.54, 1.807) is 29.6 Å². The highest BCUT2D eigenvalue weighted by Crippen LogP contribution is 2.25. The highest BCUT2D eigenvalue weighted by Gasteiger charge is 2.31. The van der Waals surface area contributed by atoms with Gasteiger partial charge in [-0.1, -0.05) is 25.1 Å². The van der Waals surface area contributed by atoms with E-state index in [0.717, 1.165) is 0 Å². The minimum absolute atomic E-state index is 0.319. The smallest absolute Gasteiger partial charge is 0.328 e. The predicted molar refractivity (Wildman–Crippen MR) is 88.4 cm³/mol. The van der Waals surface area contributed by atoms with Crippen molar-refractivity contribution in [3.8, 4) is 6.07 Å². The van der Waals surface area contributed by atoms with E-state index in [1.807, 2.05) is 19.1 Å². The van der Waals surface area contributed by atoms with Gasteiger partial charge >= 0.3 is 5.97 Å². The van der Waals surface area contributed by atoms with E-state index >= 15 is 0 Å². The topological polar surface area (TPSA) is 70.4 Å². The maximum atomic E-state index is 12.9. The summed E-state index contributed by atoms with van der Waals surface area (Å²) in [6.45, 7) is 1.82. The number of carbonyl (C=O) groups excluding carboxylic acids is 2. The zero-order valence-corrected chi connectivity index (χ0v) is 13.7. The van der Waals surface area contributed by atoms with Crippen LogP contribution in [-0.2, 0) is 9.53 Å². The first-order chi connectivity index (χ1) is 11.1. The third kappa shape index (κ3) is 3.58. The fourth-order valence-electron chi connectivity index (χ4n) is 2.24. The van der Waals surface area contributed by atoms with Crippen molar-refractivity contribution in [1.82, 2.24) is 0 Å². The van der Waals surface area contributed by atoms with Gasteiger partial charge in [-0.25, -0.2) is 4.79 Å². The van der Waals surface area contributed by atoms with E-state index < -0.39 is 12.0 Å². The fraction of sp³-hybridized carbons (Fsp3) is 0.235. The Kier molecular flexibility index (Phi) is 5.50. The number of ether oxygens (including phenoxy) is 1. The zero-order valence-electron chi connectivity index (χ0n) is 12.9. The summed E-state index contributed by atoms with van der Waals surface area (Å²) < 4.78 is 4.84. The van der Waals surface area contributed by atoms with Crippen molar-refractivity contribution in [3.05, 3.63) is 52.2 Å². The molecule has 6 heteroatoms. The van der Waals surface area contributed by atoms with Gasteiger partial charge in [0.1, 0.15) is 12.1 Å². The van der Waals surface area contributed by atoms with E-state index in [0.29, 0.717) is 22.5 Å². The molecule has 23 heavy (non-hydrogen) atoms. The van der Waals surface area contributed by atoms with Gasteiger partial charge in [-0.3, -0.25) is 9.69 Å². The van der Waals surface area contributed by atoms with Gasteiger partial charge in [-0.2, -0.15) is 5.26 Å². The van der Waals surface area contributed by atoms with Crippen molar-refractivity contribution in [3.63, 3.8) is 0 Å². The molecule has 5 nitrogen and oxygen atoms in total. The van der Waals surface area contributed by atoms with Crippen molar-refractivity contribution >= 4 is 28.9 Å². The van der Waals surface area contributed by atoms with Crippen LogP contribution in [0, 0.1) is 11.3 Å². The number of esters is 1. The predicted octanol–water partition coefficient (Wildman–Crippen LogP) is 3.22. The van der Waals surface area contributed by atoms with Gasteiger partial charge in [0.05, 0.1) is 17.6 Å². The van der Waals surface area contributed by atoms with Crippen LogP contribution in [0.2, 0.25) is 0 Å². The van der Waals surface area contributed by atoms with Gasteiger partial charge in [-0.15, -0.1) is 11.3 Å². The summed E-state index contributed by atoms with van der Waals surface area (Å²) in [6.07, 6.45) is 0.420. The molecular formula is C17H16N2O3S. The van der Waals surface area contributed by atoms with E-state index in [4.69, 9.17) is 10.00 Å². The van der Waals surface area contributed by atoms with Gasteiger partial charge in [0.15, 0.2) is 0 Å². The van der Waals surface area contributed by atoms with Crippen LogP contribution >= 0.6 is 11.3 Å². The number of para-hydroxylation sites is 1. The summed E-state index contributed by atoms with van der Waals surface area (Å²) in [6, 6.07) is 11.8. The summed E-state index contributed by atoms with van der Waals surface area (Å²) in [5, 5.41) is 10.5. The van der Waals surface area contributed by atoms with Crippen molar-refractivity contribution < 1.29 is 14.3 Å². The number of thiophene rings is 1. The molecule has 0 fully saturated rings. The number of anilines is 1. The number of nitriles is 1. The summed E-state index contributed by atoms with van der Waals surface area (Å²) in [7, 11) is 1.30. The van der Waals surface area contributed by atoms with Crippen LogP contribution in [-0.4, -0.2) is 25.0 Å². The van der Waals surface area contributed by atoms with Gasteiger partial charge < -0.3 is 4.74 Å². The molecule has 1 atom stereocenters. The third-order valence-electron chi connectivity index (χ3n) is 3.36. The van der Waals surface area contributed by atoms with Gasteiger partial charge in [0.2, 0.25) is 0 Å². The van der Waals surface area contributed by atoms with Crippen LogP contribution in [0.3, 0.4) is 0 Å². The lowest BCUT2D eigenvalue weighted by atomic mass is 10.1. The molecule has 1 heterocycles. The maximum Gasteiger partial charge on any atom is 0.328 e. The Bertz CT molecular complexity index is 734. The zero-order chi connectivity index (χ0) is 16.8. The highest BCUT2D eigenvalue weighted by molar-refractivity contribution is 7.12. The van der Waals surface area contributed by atoms with Crippen LogP contribution in [0.4, 0.5) is 5.69 Å². The number of benzene rings is 1. The van der Waals surface area contributed by atoms with E-state index in [2.05, 4.69) is 0 Å². The first-order valence-electron chi connectivity index (χ1n) is 7.07. The SMILES string of the molecule is CCC(C(=O)OC)N(C(=O)c1cc(C#N)cs1)c1ccccc1. The molecule has 2 rings (SSSR count). The molecule has 1 amide bonds. The Hall–Kier alpha value is -2.65. The number of hydrogen-bond donors (Lipinski definition) is 0. The fourth-order valence-corrected chi connectivity index (χ4v) is 3.01. The number of methoxy groups -OCH3 is 1. The Labute approximate surface area is 138 Å². The minimum Gasteiger partial charge on any atom is -0.467 e. The van der Waals surface area contributed by atoms with Gasteiger partial charge in [0.25, 0.3) is 5.91 Å². The highest BCUT2D eigenvalue weighted by atomic mass is 32.1. The van der Waals surface area contributed by atoms with Crippen LogP contribution in [0.1, 0.15) is 28.6 Å². The van der Waals surface area contributed by atoms with E-state index in [-0.39, 0.29) is 5.91 Å². The lowest BCUT2D eigenvalue weighted by Crippen LogP contribution is -2.45. The summed E-state index contributed by atoms with van der Waals surface area (Å²) in [5.74, 6) is -0.790. The van der Waals surface area contributed by atoms with Crippen molar-refractivity contribution in [2.24, 2.45) is 0 Å². The maximum absolute atomic E-state index is 12.9. The number of hydrogen-bond acceptors (Lipinski definition) is 5. The number of nitrogens with zero attached hydrogens (tertiary/aromatic N) is 2. The summed E-state index contributed by atoms with van der Waals surface area (Å²) in [5.41, 5.74) is 1.04. The minimum atomic E-state index is -0.720. The molecule has 1 aromatic heterocycles. The quantitative estimate of drug-likeness (QED) is 0.790. The molecule has 0 saturated heterocycles. The second-order valence-corrected chi connectivity index (χ2v) is 5.68. The Morgan fingerprint density at radius 1 is 1.35 bits per heavy atom. The second-order valence-electron chi connectivity index (χ2n) is 4.77. The second kappa shape index (κ2) is 7.56. The Morgan fingerprint density at radius 3 is 2.57 bits per heavy atom. The molecule has 2 aromatic rings.